The fraction of sp³-hybridized carbons (Fsp3) is 0.700. The van der Waals surface area contributed by atoms with E-state index in [-0.39, 0.29) is 0 Å². The molecule has 0 amide bonds. The van der Waals surface area contributed by atoms with Gasteiger partial charge in [-0.2, -0.15) is 0 Å². The van der Waals surface area contributed by atoms with Crippen LogP contribution in [0.4, 0.5) is 0 Å². The third kappa shape index (κ3) is 3.72. The van der Waals surface area contributed by atoms with Crippen LogP contribution in [0.25, 0.3) is 0 Å². The van der Waals surface area contributed by atoms with Gasteiger partial charge < -0.3 is 5.32 Å². The first-order valence-corrected chi connectivity index (χ1v) is 9.29. The first-order valence-electron chi connectivity index (χ1n) is 9.29. The van der Waals surface area contributed by atoms with Crippen molar-refractivity contribution in [1.82, 2.24) is 10.2 Å². The molecule has 0 aromatic heterocycles. The van der Waals surface area contributed by atoms with Gasteiger partial charge in [-0.05, 0) is 68.8 Å². The van der Waals surface area contributed by atoms with Crippen LogP contribution in [0.3, 0.4) is 0 Å². The van der Waals surface area contributed by atoms with Crippen LogP contribution in [-0.4, -0.2) is 31.1 Å². The smallest absolute Gasteiger partial charge is 0.0233 e. The highest BCUT2D eigenvalue weighted by atomic mass is 15.1. The third-order valence-electron chi connectivity index (χ3n) is 6.06. The van der Waals surface area contributed by atoms with Gasteiger partial charge in [-0.1, -0.05) is 50.1 Å². The van der Waals surface area contributed by atoms with E-state index in [1.165, 1.54) is 70.3 Å². The van der Waals surface area contributed by atoms with E-state index in [1.807, 2.05) is 0 Å². The molecule has 122 valence electrons. The van der Waals surface area contributed by atoms with Gasteiger partial charge in [-0.25, -0.2) is 0 Å². The quantitative estimate of drug-likeness (QED) is 0.882. The molecule has 1 aromatic rings. The second-order valence-electron chi connectivity index (χ2n) is 7.42. The maximum atomic E-state index is 3.65. The first-order chi connectivity index (χ1) is 10.8. The average Bonchev–Trinajstić information content (AvgIpc) is 2.57. The first kappa shape index (κ1) is 16.0. The summed E-state index contributed by atoms with van der Waals surface area (Å²) in [6, 6.07) is 11.0. The minimum absolute atomic E-state index is 0.646. The van der Waals surface area contributed by atoms with E-state index < -0.39 is 0 Å². The largest absolute Gasteiger partial charge is 0.316 e. The van der Waals surface area contributed by atoms with Crippen molar-refractivity contribution in [2.45, 2.75) is 52.0 Å². The molecule has 2 fully saturated rings. The van der Waals surface area contributed by atoms with Gasteiger partial charge in [0.1, 0.15) is 0 Å². The van der Waals surface area contributed by atoms with Gasteiger partial charge >= 0.3 is 0 Å². The summed E-state index contributed by atoms with van der Waals surface area (Å²) in [5, 5.41) is 3.65. The zero-order valence-corrected chi connectivity index (χ0v) is 14.2. The summed E-state index contributed by atoms with van der Waals surface area (Å²) < 4.78 is 0. The Labute approximate surface area is 136 Å². The van der Waals surface area contributed by atoms with E-state index >= 15 is 0 Å². The molecule has 22 heavy (non-hydrogen) atoms. The molecular formula is C20H32N2. The molecule has 2 aliphatic heterocycles. The molecule has 2 heteroatoms. The van der Waals surface area contributed by atoms with Gasteiger partial charge in [0.25, 0.3) is 0 Å². The highest BCUT2D eigenvalue weighted by Gasteiger charge is 2.42. The number of piperidine rings is 2. The molecule has 2 saturated heterocycles. The predicted molar refractivity (Wildman–Crippen MR) is 93.9 cm³/mol. The van der Waals surface area contributed by atoms with Crippen molar-refractivity contribution in [3.05, 3.63) is 35.9 Å². The molecule has 0 aliphatic carbocycles. The summed E-state index contributed by atoms with van der Waals surface area (Å²) in [6.45, 7) is 8.54. The van der Waals surface area contributed by atoms with Crippen LogP contribution in [0.2, 0.25) is 0 Å². The van der Waals surface area contributed by atoms with Crippen molar-refractivity contribution in [2.75, 3.05) is 26.2 Å². The fourth-order valence-electron chi connectivity index (χ4n) is 4.55. The molecule has 0 radical (unpaired) electrons. The number of likely N-dealkylation sites (tertiary alicyclic amines) is 1. The number of hydrogen-bond acceptors (Lipinski definition) is 2. The Morgan fingerprint density at radius 1 is 1.14 bits per heavy atom. The van der Waals surface area contributed by atoms with Crippen molar-refractivity contribution < 1.29 is 0 Å². The lowest BCUT2D eigenvalue weighted by Crippen LogP contribution is -2.51. The van der Waals surface area contributed by atoms with Crippen LogP contribution in [0.15, 0.2) is 30.3 Å². The maximum absolute atomic E-state index is 3.65. The van der Waals surface area contributed by atoms with Gasteiger partial charge in [0.05, 0.1) is 0 Å². The molecule has 3 rings (SSSR count). The lowest BCUT2D eigenvalue weighted by atomic mass is 9.63. The monoisotopic (exact) mass is 300 g/mol. The topological polar surface area (TPSA) is 15.3 Å². The number of unbranched alkanes of at least 4 members (excludes halogenated alkanes) is 1. The SMILES string of the molecule is CCCC[C@H]1CNCCC12CCN(Cc1ccccc1)CC2. The second kappa shape index (κ2) is 7.61. The summed E-state index contributed by atoms with van der Waals surface area (Å²) in [7, 11) is 0. The zero-order valence-electron chi connectivity index (χ0n) is 14.2. The number of benzene rings is 1. The highest BCUT2D eigenvalue weighted by molar-refractivity contribution is 5.14. The molecule has 2 heterocycles. The molecule has 1 spiro atoms. The lowest BCUT2D eigenvalue weighted by Gasteiger charge is -2.50. The van der Waals surface area contributed by atoms with E-state index in [2.05, 4.69) is 47.5 Å². The van der Waals surface area contributed by atoms with Crippen molar-refractivity contribution in [2.24, 2.45) is 11.3 Å². The number of nitrogens with zero attached hydrogens (tertiary/aromatic N) is 1. The minimum Gasteiger partial charge on any atom is -0.316 e. The van der Waals surface area contributed by atoms with Gasteiger partial charge in [0.15, 0.2) is 0 Å². The fourth-order valence-corrected chi connectivity index (χ4v) is 4.55. The number of nitrogens with one attached hydrogen (secondary N) is 1. The van der Waals surface area contributed by atoms with Gasteiger partial charge in [0.2, 0.25) is 0 Å². The van der Waals surface area contributed by atoms with E-state index in [1.54, 1.807) is 0 Å². The number of rotatable bonds is 5. The van der Waals surface area contributed by atoms with Crippen molar-refractivity contribution in [3.63, 3.8) is 0 Å². The molecule has 1 aromatic carbocycles. The molecule has 1 N–H and O–H groups in total. The Bertz CT molecular complexity index is 434. The number of hydrogen-bond donors (Lipinski definition) is 1. The molecule has 0 unspecified atom stereocenters. The summed E-state index contributed by atoms with van der Waals surface area (Å²) in [4.78, 5) is 2.67. The third-order valence-corrected chi connectivity index (χ3v) is 6.06. The van der Waals surface area contributed by atoms with Crippen molar-refractivity contribution in [3.8, 4) is 0 Å². The van der Waals surface area contributed by atoms with Crippen LogP contribution < -0.4 is 5.32 Å². The summed E-state index contributed by atoms with van der Waals surface area (Å²) >= 11 is 0. The van der Waals surface area contributed by atoms with Gasteiger partial charge in [-0.15, -0.1) is 0 Å². The predicted octanol–water partition coefficient (Wildman–Crippen LogP) is 4.07. The van der Waals surface area contributed by atoms with Crippen LogP contribution in [0.1, 0.15) is 51.0 Å². The minimum atomic E-state index is 0.646. The molecule has 1 atom stereocenters. The van der Waals surface area contributed by atoms with E-state index in [4.69, 9.17) is 0 Å². The Morgan fingerprint density at radius 2 is 1.91 bits per heavy atom. The maximum Gasteiger partial charge on any atom is 0.0233 e. The van der Waals surface area contributed by atoms with Crippen LogP contribution >= 0.6 is 0 Å². The van der Waals surface area contributed by atoms with Crippen LogP contribution in [0.5, 0.6) is 0 Å². The van der Waals surface area contributed by atoms with Crippen molar-refractivity contribution >= 4 is 0 Å². The normalized spacial score (nSPS) is 25.4. The van der Waals surface area contributed by atoms with Gasteiger partial charge in [-0.3, -0.25) is 4.90 Å². The Balaban J connectivity index is 1.56. The summed E-state index contributed by atoms with van der Waals surface area (Å²) in [5.74, 6) is 0.917. The average molecular weight is 300 g/mol. The molecule has 2 aliphatic rings. The Morgan fingerprint density at radius 3 is 2.64 bits per heavy atom. The van der Waals surface area contributed by atoms with Gasteiger partial charge in [0, 0.05) is 6.54 Å². The molecule has 2 nitrogen and oxygen atoms in total. The van der Waals surface area contributed by atoms with Crippen LogP contribution in [0, 0.1) is 11.3 Å². The van der Waals surface area contributed by atoms with E-state index in [0.29, 0.717) is 5.41 Å². The van der Waals surface area contributed by atoms with E-state index in [0.717, 1.165) is 12.5 Å². The summed E-state index contributed by atoms with van der Waals surface area (Å²) in [5.41, 5.74) is 2.11. The lowest BCUT2D eigenvalue weighted by molar-refractivity contribution is 0.0149. The second-order valence-corrected chi connectivity index (χ2v) is 7.42. The highest BCUT2D eigenvalue weighted by Crippen LogP contribution is 2.45. The zero-order chi connectivity index (χ0) is 15.3. The van der Waals surface area contributed by atoms with E-state index in [9.17, 15) is 0 Å². The van der Waals surface area contributed by atoms with Crippen molar-refractivity contribution in [1.29, 1.82) is 0 Å². The molecule has 0 saturated carbocycles. The Kier molecular flexibility index (Phi) is 5.54. The standard InChI is InChI=1S/C20H32N2/c1-2-3-9-19-16-21-13-10-20(19)11-14-22(15-12-20)17-18-7-5-4-6-8-18/h4-8,19,21H,2-3,9-17H2,1H3/t19-/m0/s1. The Hall–Kier alpha value is -0.860. The summed E-state index contributed by atoms with van der Waals surface area (Å²) in [6.07, 6.45) is 8.41. The molecule has 0 bridgehead atoms. The van der Waals surface area contributed by atoms with Crippen LogP contribution in [-0.2, 0) is 6.54 Å². The molecular weight excluding hydrogens is 268 g/mol.